The lowest BCUT2D eigenvalue weighted by molar-refractivity contribution is 0.400. The van der Waals surface area contributed by atoms with Crippen LogP contribution in [0.1, 0.15) is 30.9 Å². The molecular formula is C25H28FN7. The van der Waals surface area contributed by atoms with Crippen molar-refractivity contribution >= 4 is 18.0 Å². The first-order chi connectivity index (χ1) is 16.2. The first kappa shape index (κ1) is 22.5. The second kappa shape index (κ2) is 10.8. The molecule has 7 nitrogen and oxygen atoms in total. The van der Waals surface area contributed by atoms with Crippen LogP contribution in [-0.2, 0) is 12.8 Å². The monoisotopic (exact) mass is 445 g/mol. The number of aryl methyl sites for hydroxylation is 1. The van der Waals surface area contributed by atoms with Crippen LogP contribution in [0.2, 0.25) is 0 Å². The van der Waals surface area contributed by atoms with Crippen LogP contribution in [0.3, 0.4) is 0 Å². The second-order valence-corrected chi connectivity index (χ2v) is 8.22. The SMILES string of the molecule is CCc1cnc(N2CCC(Cc3ccc(-c4ccc(N=CN=NN)cc4F)cc3)CC2)nc1. The number of hydrogen-bond acceptors (Lipinski definition) is 5. The molecule has 2 aromatic carbocycles. The standard InChI is InChI=1S/C25H28FN7/c1-2-18-15-28-25(29-16-18)33-11-9-20(10-12-33)13-19-3-5-21(6-4-19)23-8-7-22(14-24(23)26)30-17-31-32-27/h3-8,14-17,20H,2,9-13H2,1H3,(H2,27,30,31). The Labute approximate surface area is 193 Å². The topological polar surface area (TPSA) is 92.1 Å². The van der Waals surface area contributed by atoms with E-state index in [-0.39, 0.29) is 5.82 Å². The van der Waals surface area contributed by atoms with E-state index in [0.717, 1.165) is 55.8 Å². The summed E-state index contributed by atoms with van der Waals surface area (Å²) in [6.07, 6.45) is 9.23. The van der Waals surface area contributed by atoms with Gasteiger partial charge in [0.2, 0.25) is 5.95 Å². The normalized spacial score (nSPS) is 15.0. The van der Waals surface area contributed by atoms with Crippen LogP contribution in [0, 0.1) is 11.7 Å². The summed E-state index contributed by atoms with van der Waals surface area (Å²) in [5.74, 6) is 6.05. The predicted molar refractivity (Wildman–Crippen MR) is 129 cm³/mol. The molecule has 1 aliphatic heterocycles. The van der Waals surface area contributed by atoms with Gasteiger partial charge in [-0.3, -0.25) is 0 Å². The predicted octanol–water partition coefficient (Wildman–Crippen LogP) is 5.29. The van der Waals surface area contributed by atoms with E-state index in [0.29, 0.717) is 17.2 Å². The quantitative estimate of drug-likeness (QED) is 0.176. The van der Waals surface area contributed by atoms with Crippen molar-refractivity contribution in [3.8, 4) is 11.1 Å². The Morgan fingerprint density at radius 1 is 1.06 bits per heavy atom. The number of aromatic nitrogens is 2. The minimum atomic E-state index is -0.330. The van der Waals surface area contributed by atoms with Crippen molar-refractivity contribution in [2.75, 3.05) is 18.0 Å². The van der Waals surface area contributed by atoms with Crippen molar-refractivity contribution in [2.24, 2.45) is 27.1 Å². The maximum Gasteiger partial charge on any atom is 0.225 e. The van der Waals surface area contributed by atoms with Gasteiger partial charge in [-0.25, -0.2) is 19.4 Å². The molecule has 1 fully saturated rings. The van der Waals surface area contributed by atoms with Gasteiger partial charge in [-0.2, -0.15) is 0 Å². The molecule has 1 aliphatic rings. The summed E-state index contributed by atoms with van der Waals surface area (Å²) in [6.45, 7) is 4.06. The smallest absolute Gasteiger partial charge is 0.225 e. The molecule has 3 aromatic rings. The van der Waals surface area contributed by atoms with E-state index >= 15 is 0 Å². The summed E-state index contributed by atoms with van der Waals surface area (Å²) in [6, 6.07) is 13.0. The van der Waals surface area contributed by atoms with Gasteiger partial charge < -0.3 is 10.7 Å². The molecule has 0 amide bonds. The highest BCUT2D eigenvalue weighted by atomic mass is 19.1. The van der Waals surface area contributed by atoms with Gasteiger partial charge in [0.1, 0.15) is 12.2 Å². The molecule has 0 atom stereocenters. The highest BCUT2D eigenvalue weighted by Gasteiger charge is 2.21. The lowest BCUT2D eigenvalue weighted by Gasteiger charge is -2.32. The molecule has 0 aliphatic carbocycles. The van der Waals surface area contributed by atoms with Crippen LogP contribution < -0.4 is 10.7 Å². The lowest BCUT2D eigenvalue weighted by Crippen LogP contribution is -2.35. The highest BCUT2D eigenvalue weighted by molar-refractivity contribution is 5.68. The Kier molecular flexibility index (Phi) is 7.34. The highest BCUT2D eigenvalue weighted by Crippen LogP contribution is 2.28. The van der Waals surface area contributed by atoms with Crippen LogP contribution >= 0.6 is 0 Å². The maximum atomic E-state index is 14.6. The summed E-state index contributed by atoms with van der Waals surface area (Å²) in [7, 11) is 0. The van der Waals surface area contributed by atoms with Gasteiger partial charge in [0, 0.05) is 37.1 Å². The Morgan fingerprint density at radius 2 is 1.79 bits per heavy atom. The Hall–Kier alpha value is -3.68. The number of aliphatic imine (C=N–C) groups is 1. The van der Waals surface area contributed by atoms with Crippen molar-refractivity contribution in [3.63, 3.8) is 0 Å². The zero-order chi connectivity index (χ0) is 23.0. The fourth-order valence-electron chi connectivity index (χ4n) is 4.13. The van der Waals surface area contributed by atoms with Crippen molar-refractivity contribution in [3.05, 3.63) is 71.8 Å². The Bertz CT molecular complexity index is 1100. The summed E-state index contributed by atoms with van der Waals surface area (Å²) in [5.41, 5.74) is 4.28. The van der Waals surface area contributed by atoms with Gasteiger partial charge in [0.05, 0.1) is 5.69 Å². The number of anilines is 1. The van der Waals surface area contributed by atoms with Crippen LogP contribution in [0.25, 0.3) is 11.1 Å². The minimum Gasteiger partial charge on any atom is -0.341 e. The number of piperidine rings is 1. The minimum absolute atomic E-state index is 0.330. The molecule has 33 heavy (non-hydrogen) atoms. The third kappa shape index (κ3) is 5.77. The molecule has 0 spiro atoms. The zero-order valence-corrected chi connectivity index (χ0v) is 18.7. The van der Waals surface area contributed by atoms with E-state index in [4.69, 9.17) is 5.84 Å². The van der Waals surface area contributed by atoms with Crippen LogP contribution in [-0.4, -0.2) is 29.4 Å². The van der Waals surface area contributed by atoms with E-state index < -0.39 is 0 Å². The third-order valence-electron chi connectivity index (χ3n) is 6.06. The number of nitrogens with two attached hydrogens (primary N) is 1. The van der Waals surface area contributed by atoms with E-state index in [9.17, 15) is 4.39 Å². The van der Waals surface area contributed by atoms with Crippen LogP contribution in [0.5, 0.6) is 0 Å². The summed E-state index contributed by atoms with van der Waals surface area (Å²) in [5, 5.41) is 6.53. The molecule has 0 unspecified atom stereocenters. The zero-order valence-electron chi connectivity index (χ0n) is 18.7. The van der Waals surface area contributed by atoms with Gasteiger partial charge in [0.15, 0.2) is 0 Å². The van der Waals surface area contributed by atoms with Crippen molar-refractivity contribution in [1.82, 2.24) is 9.97 Å². The second-order valence-electron chi connectivity index (χ2n) is 8.22. The maximum absolute atomic E-state index is 14.6. The Balaban J connectivity index is 1.33. The van der Waals surface area contributed by atoms with E-state index in [1.165, 1.54) is 18.0 Å². The third-order valence-corrected chi connectivity index (χ3v) is 6.06. The molecular weight excluding hydrogens is 417 g/mol. The fraction of sp³-hybridized carbons (Fsp3) is 0.320. The van der Waals surface area contributed by atoms with Crippen LogP contribution in [0.15, 0.2) is 70.2 Å². The van der Waals surface area contributed by atoms with Gasteiger partial charge >= 0.3 is 0 Å². The molecule has 8 heteroatoms. The molecule has 0 saturated carbocycles. The molecule has 2 heterocycles. The molecule has 0 radical (unpaired) electrons. The summed E-state index contributed by atoms with van der Waals surface area (Å²) in [4.78, 5) is 15.3. The van der Waals surface area contributed by atoms with E-state index in [1.54, 1.807) is 12.1 Å². The van der Waals surface area contributed by atoms with Crippen LogP contribution in [0.4, 0.5) is 16.0 Å². The number of halogens is 1. The molecule has 0 bridgehead atoms. The first-order valence-electron chi connectivity index (χ1n) is 11.2. The van der Waals surface area contributed by atoms with Crippen molar-refractivity contribution in [2.45, 2.75) is 32.6 Å². The molecule has 1 aromatic heterocycles. The van der Waals surface area contributed by atoms with Gasteiger partial charge in [-0.05, 0) is 60.4 Å². The molecule has 4 rings (SSSR count). The number of benzene rings is 2. The van der Waals surface area contributed by atoms with Crippen molar-refractivity contribution in [1.29, 1.82) is 0 Å². The Morgan fingerprint density at radius 3 is 2.42 bits per heavy atom. The first-order valence-corrected chi connectivity index (χ1v) is 11.2. The molecule has 1 saturated heterocycles. The summed E-state index contributed by atoms with van der Waals surface area (Å²) >= 11 is 0. The number of hydrogen-bond donors (Lipinski definition) is 1. The lowest BCUT2D eigenvalue weighted by atomic mass is 9.89. The van der Waals surface area contributed by atoms with Crippen molar-refractivity contribution < 1.29 is 4.39 Å². The van der Waals surface area contributed by atoms with Gasteiger partial charge in [-0.15, -0.1) is 5.11 Å². The van der Waals surface area contributed by atoms with Gasteiger partial charge in [0.25, 0.3) is 0 Å². The van der Waals surface area contributed by atoms with E-state index in [1.807, 2.05) is 24.5 Å². The average Bonchev–Trinajstić information content (AvgIpc) is 2.86. The average molecular weight is 446 g/mol. The van der Waals surface area contributed by atoms with Gasteiger partial charge in [-0.1, -0.05) is 36.4 Å². The molecule has 2 N–H and O–H groups in total. The number of nitrogens with zero attached hydrogens (tertiary/aromatic N) is 6. The number of rotatable bonds is 7. The molecule has 170 valence electrons. The van der Waals surface area contributed by atoms with E-state index in [2.05, 4.69) is 49.3 Å². The fourth-order valence-corrected chi connectivity index (χ4v) is 4.13. The largest absolute Gasteiger partial charge is 0.341 e. The summed E-state index contributed by atoms with van der Waals surface area (Å²) < 4.78 is 14.6.